The molecule has 0 aromatic heterocycles. The van der Waals surface area contributed by atoms with Crippen molar-refractivity contribution in [3.05, 3.63) is 24.3 Å². The van der Waals surface area contributed by atoms with E-state index >= 15 is 0 Å². The van der Waals surface area contributed by atoms with Gasteiger partial charge in [0.05, 0.1) is 0 Å². The summed E-state index contributed by atoms with van der Waals surface area (Å²) in [5, 5.41) is 0. The van der Waals surface area contributed by atoms with Crippen LogP contribution in [-0.4, -0.2) is 37.2 Å². The summed E-state index contributed by atoms with van der Waals surface area (Å²) in [6.45, 7) is 6.69. The average Bonchev–Trinajstić information content (AvgIpc) is 3.45. The van der Waals surface area contributed by atoms with Crippen molar-refractivity contribution in [1.82, 2.24) is 0 Å². The fourth-order valence-electron chi connectivity index (χ4n) is 11.1. The predicted molar refractivity (Wildman–Crippen MR) is 344 cm³/mol. The maximum Gasteiger partial charge on any atom is 0.306 e. The molecular weight excluding hydrogens is 973 g/mol. The Morgan fingerprint density at radius 3 is 0.696 bits per heavy atom. The first-order valence-corrected chi connectivity index (χ1v) is 35.8. The normalized spacial score (nSPS) is 12.1. The number of hydrogen-bond donors (Lipinski definition) is 0. The Morgan fingerprint density at radius 1 is 0.253 bits per heavy atom. The summed E-state index contributed by atoms with van der Waals surface area (Å²) in [6.07, 6.45) is 83.7. The number of unbranched alkanes of at least 4 members (excludes halogenated alkanes) is 52. The molecule has 0 rings (SSSR count). The molecule has 6 heteroatoms. The maximum absolute atomic E-state index is 12.9. The maximum atomic E-state index is 12.9. The largest absolute Gasteiger partial charge is 0.462 e. The molecule has 0 radical (unpaired) electrons. The standard InChI is InChI=1S/C73H138O6/c1-4-7-10-13-16-19-21-23-25-27-29-31-33-35-36-38-39-41-43-45-47-49-51-54-57-60-63-66-72(75)78-69-70(68-77-71(74)65-62-59-56-53-18-15-12-9-6-3)79-73(76)67-64-61-58-55-52-50-48-46-44-42-40-37-34-32-30-28-26-24-22-20-17-14-11-8-5-2/h22,24,28,30,70H,4-21,23,25-27,29,31-69H2,1-3H3/b24-22-,30-28-. The summed E-state index contributed by atoms with van der Waals surface area (Å²) < 4.78 is 16.9. The van der Waals surface area contributed by atoms with Gasteiger partial charge in [-0.3, -0.25) is 14.4 Å². The lowest BCUT2D eigenvalue weighted by Gasteiger charge is -2.18. The lowest BCUT2D eigenvalue weighted by molar-refractivity contribution is -0.167. The van der Waals surface area contributed by atoms with E-state index in [1.807, 2.05) is 0 Å². The molecule has 0 spiro atoms. The van der Waals surface area contributed by atoms with Crippen LogP contribution >= 0.6 is 0 Å². The summed E-state index contributed by atoms with van der Waals surface area (Å²) in [5.74, 6) is -0.838. The number of allylic oxidation sites excluding steroid dienone is 4. The van der Waals surface area contributed by atoms with Crippen LogP contribution in [-0.2, 0) is 28.6 Å². The molecule has 0 fully saturated rings. The third kappa shape index (κ3) is 66.6. The summed E-state index contributed by atoms with van der Waals surface area (Å²) in [4.78, 5) is 38.3. The van der Waals surface area contributed by atoms with Gasteiger partial charge in [0, 0.05) is 19.3 Å². The lowest BCUT2D eigenvalue weighted by atomic mass is 10.0. The number of carbonyl (C=O) groups excluding carboxylic acids is 3. The van der Waals surface area contributed by atoms with Crippen molar-refractivity contribution in [3.8, 4) is 0 Å². The molecule has 0 aromatic rings. The van der Waals surface area contributed by atoms with Crippen LogP contribution in [0.2, 0.25) is 0 Å². The summed E-state index contributed by atoms with van der Waals surface area (Å²) >= 11 is 0. The lowest BCUT2D eigenvalue weighted by Crippen LogP contribution is -2.30. The molecule has 0 aliphatic carbocycles. The minimum absolute atomic E-state index is 0.0648. The van der Waals surface area contributed by atoms with Crippen LogP contribution in [0.15, 0.2) is 24.3 Å². The van der Waals surface area contributed by atoms with Gasteiger partial charge in [0.15, 0.2) is 6.10 Å². The smallest absolute Gasteiger partial charge is 0.306 e. The van der Waals surface area contributed by atoms with Gasteiger partial charge in [-0.25, -0.2) is 0 Å². The SMILES string of the molecule is CCCCCCC/C=C\C/C=C\CCCCCCCCCCCCCCCC(=O)OC(COC(=O)CCCCCCCCCCC)COC(=O)CCCCCCCCCCCCCCCCCCCCCCCCCCCCC. The Morgan fingerprint density at radius 2 is 0.456 bits per heavy atom. The first kappa shape index (κ1) is 76.9. The van der Waals surface area contributed by atoms with Gasteiger partial charge >= 0.3 is 17.9 Å². The van der Waals surface area contributed by atoms with Crippen LogP contribution in [0, 0.1) is 0 Å². The molecule has 79 heavy (non-hydrogen) atoms. The Kier molecular flexibility index (Phi) is 66.6. The number of ether oxygens (including phenoxy) is 3. The highest BCUT2D eigenvalue weighted by Gasteiger charge is 2.19. The van der Waals surface area contributed by atoms with Gasteiger partial charge in [0.25, 0.3) is 0 Å². The molecule has 1 unspecified atom stereocenters. The van der Waals surface area contributed by atoms with E-state index in [9.17, 15) is 14.4 Å². The highest BCUT2D eigenvalue weighted by Crippen LogP contribution is 2.19. The van der Waals surface area contributed by atoms with Crippen molar-refractivity contribution in [2.75, 3.05) is 13.2 Å². The van der Waals surface area contributed by atoms with Gasteiger partial charge < -0.3 is 14.2 Å². The molecule has 0 aliphatic rings. The molecule has 466 valence electrons. The zero-order valence-electron chi connectivity index (χ0n) is 53.7. The number of hydrogen-bond acceptors (Lipinski definition) is 6. The molecule has 0 saturated carbocycles. The van der Waals surface area contributed by atoms with Crippen LogP contribution in [0.5, 0.6) is 0 Å². The van der Waals surface area contributed by atoms with Crippen LogP contribution in [0.25, 0.3) is 0 Å². The second-order valence-corrected chi connectivity index (χ2v) is 24.5. The predicted octanol–water partition coefficient (Wildman–Crippen LogP) is 24.6. The quantitative estimate of drug-likeness (QED) is 0.0261. The molecule has 0 aliphatic heterocycles. The zero-order chi connectivity index (χ0) is 57.1. The first-order chi connectivity index (χ1) is 39.0. The van der Waals surface area contributed by atoms with Gasteiger partial charge in [-0.2, -0.15) is 0 Å². The van der Waals surface area contributed by atoms with E-state index in [4.69, 9.17) is 14.2 Å². The highest BCUT2D eigenvalue weighted by molar-refractivity contribution is 5.71. The highest BCUT2D eigenvalue weighted by atomic mass is 16.6. The molecule has 0 heterocycles. The fourth-order valence-corrected chi connectivity index (χ4v) is 11.1. The Balaban J connectivity index is 4.09. The van der Waals surface area contributed by atoms with E-state index in [2.05, 4.69) is 45.1 Å². The molecule has 6 nitrogen and oxygen atoms in total. The number of carbonyl (C=O) groups is 3. The molecular formula is C73H138O6. The van der Waals surface area contributed by atoms with E-state index in [0.717, 1.165) is 64.2 Å². The van der Waals surface area contributed by atoms with E-state index in [0.29, 0.717) is 19.3 Å². The van der Waals surface area contributed by atoms with Crippen LogP contribution < -0.4 is 0 Å². The molecule has 0 aromatic carbocycles. The summed E-state index contributed by atoms with van der Waals surface area (Å²) in [6, 6.07) is 0. The van der Waals surface area contributed by atoms with Crippen molar-refractivity contribution in [2.45, 2.75) is 412 Å². The topological polar surface area (TPSA) is 78.9 Å². The first-order valence-electron chi connectivity index (χ1n) is 35.8. The van der Waals surface area contributed by atoms with Crippen molar-refractivity contribution in [3.63, 3.8) is 0 Å². The minimum Gasteiger partial charge on any atom is -0.462 e. The van der Waals surface area contributed by atoms with Crippen LogP contribution in [0.4, 0.5) is 0 Å². The molecule has 0 bridgehead atoms. The van der Waals surface area contributed by atoms with Gasteiger partial charge in [-0.05, 0) is 51.4 Å². The van der Waals surface area contributed by atoms with E-state index in [1.54, 1.807) is 0 Å². The van der Waals surface area contributed by atoms with E-state index < -0.39 is 6.10 Å². The average molecular weight is 1110 g/mol. The van der Waals surface area contributed by atoms with E-state index in [-0.39, 0.29) is 31.1 Å². The van der Waals surface area contributed by atoms with Gasteiger partial charge in [-0.15, -0.1) is 0 Å². The molecule has 0 amide bonds. The molecule has 0 saturated heterocycles. The van der Waals surface area contributed by atoms with Crippen LogP contribution in [0.1, 0.15) is 406 Å². The van der Waals surface area contributed by atoms with E-state index in [1.165, 1.54) is 302 Å². The second-order valence-electron chi connectivity index (χ2n) is 24.5. The minimum atomic E-state index is -0.767. The third-order valence-corrected chi connectivity index (χ3v) is 16.5. The Hall–Kier alpha value is -2.11. The second kappa shape index (κ2) is 68.4. The summed E-state index contributed by atoms with van der Waals surface area (Å²) in [7, 11) is 0. The van der Waals surface area contributed by atoms with Crippen molar-refractivity contribution in [1.29, 1.82) is 0 Å². The molecule has 0 N–H and O–H groups in total. The third-order valence-electron chi connectivity index (χ3n) is 16.5. The Labute approximate surface area is 493 Å². The summed E-state index contributed by atoms with van der Waals surface area (Å²) in [5.41, 5.74) is 0. The van der Waals surface area contributed by atoms with Gasteiger partial charge in [0.1, 0.15) is 13.2 Å². The monoisotopic (exact) mass is 1110 g/mol. The Bertz CT molecular complexity index is 1270. The van der Waals surface area contributed by atoms with Gasteiger partial charge in [0.2, 0.25) is 0 Å². The van der Waals surface area contributed by atoms with Crippen molar-refractivity contribution >= 4 is 17.9 Å². The van der Waals surface area contributed by atoms with Crippen LogP contribution in [0.3, 0.4) is 0 Å². The number of rotatable bonds is 67. The van der Waals surface area contributed by atoms with Crippen molar-refractivity contribution in [2.24, 2.45) is 0 Å². The molecule has 1 atom stereocenters. The number of esters is 3. The van der Waals surface area contributed by atoms with Crippen molar-refractivity contribution < 1.29 is 28.6 Å². The fraction of sp³-hybridized carbons (Fsp3) is 0.904. The zero-order valence-corrected chi connectivity index (χ0v) is 53.7. The van der Waals surface area contributed by atoms with Gasteiger partial charge in [-0.1, -0.05) is 360 Å².